The predicted octanol–water partition coefficient (Wildman–Crippen LogP) is 9.55. The number of halogens is 5. The van der Waals surface area contributed by atoms with E-state index in [0.717, 1.165) is 123 Å². The molecule has 29 nitrogen and oxygen atoms in total. The predicted molar refractivity (Wildman–Crippen MR) is 458 cm³/mol. The Morgan fingerprint density at radius 3 is 1.16 bits per heavy atom. The van der Waals surface area contributed by atoms with Crippen molar-refractivity contribution in [3.8, 4) is 0 Å². The van der Waals surface area contributed by atoms with Crippen molar-refractivity contribution in [1.29, 1.82) is 0 Å². The maximum Gasteiger partial charge on any atom is 1.00 e. The Labute approximate surface area is 804 Å². The minimum absolute atomic E-state index is 0. The van der Waals surface area contributed by atoms with Gasteiger partial charge in [-0.05, 0) is 166 Å². The molecule has 0 bridgehead atoms. The van der Waals surface area contributed by atoms with Crippen molar-refractivity contribution in [2.75, 3.05) is 19.8 Å². The number of aryl methyl sites for hydroxylation is 5. The van der Waals surface area contributed by atoms with Crippen molar-refractivity contribution in [3.05, 3.63) is 181 Å². The molecule has 9 aliphatic heterocycles. The van der Waals surface area contributed by atoms with Crippen LogP contribution in [-0.2, 0) is 82.5 Å². The van der Waals surface area contributed by atoms with E-state index in [-0.39, 0.29) is 132 Å². The van der Waals surface area contributed by atoms with E-state index in [1.54, 1.807) is 40.8 Å². The number of aliphatic hydroxyl groups is 5. The summed E-state index contributed by atoms with van der Waals surface area (Å²) in [4.78, 5) is 38.3. The monoisotopic (exact) mass is 1970 g/mol. The van der Waals surface area contributed by atoms with E-state index in [2.05, 4.69) is 46.8 Å². The van der Waals surface area contributed by atoms with Crippen molar-refractivity contribution >= 4 is 136 Å². The van der Waals surface area contributed by atoms with E-state index in [1.807, 2.05) is 144 Å². The molecule has 0 saturated carbocycles. The summed E-state index contributed by atoms with van der Waals surface area (Å²) in [5.41, 5.74) is 10.8. The van der Waals surface area contributed by atoms with Crippen molar-refractivity contribution < 1.29 is 156 Å². The normalized spacial score (nSPS) is 28.9. The first-order valence-electron chi connectivity index (χ1n) is 39.5. The van der Waals surface area contributed by atoms with Crippen LogP contribution < -0.4 is 73.6 Å². The topological polar surface area (TPSA) is 335 Å². The van der Waals surface area contributed by atoms with Gasteiger partial charge < -0.3 is 105 Å². The molecule has 12 aromatic heterocycles. The van der Waals surface area contributed by atoms with E-state index in [4.69, 9.17) is 103 Å². The second-order valence-corrected chi connectivity index (χ2v) is 39.1. The second kappa shape index (κ2) is 37.9. The quantitative estimate of drug-likeness (QED) is 0.0676. The summed E-state index contributed by atoms with van der Waals surface area (Å²) >= 11 is 30.7. The van der Waals surface area contributed by atoms with Gasteiger partial charge in [0.15, 0.2) is 42.3 Å². The third-order valence-corrected chi connectivity index (χ3v) is 28.6. The summed E-state index contributed by atoms with van der Waals surface area (Å²) < 4.78 is 85.4. The number of ether oxygens (including phenoxy) is 12. The Balaban J connectivity index is 0.000000132. The third kappa shape index (κ3) is 18.0. The summed E-state index contributed by atoms with van der Waals surface area (Å²) in [5.74, 6) is -2.29. The summed E-state index contributed by atoms with van der Waals surface area (Å²) in [6.45, 7) is 22.3. The zero-order valence-electron chi connectivity index (χ0n) is 68.0. The van der Waals surface area contributed by atoms with Crippen LogP contribution in [0.4, 0.5) is 0 Å². The van der Waals surface area contributed by atoms with Crippen LogP contribution >= 0.6 is 91.8 Å². The number of hydrogen-bond acceptors (Lipinski definition) is 29. The Bertz CT molecular complexity index is 5580. The zero-order chi connectivity index (χ0) is 83.2. The van der Waals surface area contributed by atoms with Crippen LogP contribution in [0.15, 0.2) is 98.6 Å². The van der Waals surface area contributed by atoms with Crippen LogP contribution in [0.25, 0.3) is 44.1 Å². The maximum atomic E-state index is 11.4. The molecule has 39 heteroatoms. The molecule has 0 aliphatic carbocycles. The molecule has 21 heterocycles. The van der Waals surface area contributed by atoms with Gasteiger partial charge in [0.1, 0.15) is 146 Å². The standard InChI is InChI=1S/C22H26ClN3O4S.C21H24ClN3O5S.C21H22ClN3O4S.C18H18ClN3O4S.2CH4.Cs.FH/c1-5-6-12-9-14(23)31-19(12)15(27)16-17-18(30-22(3,4)29-17)21(28-16)26-8-7-13-11(2)24-10-25-20(13)26;1-10-12-4-6-25(19(12)24-9-23-10)20-17-16(29-21(2,3)30-17)15(28-20)14(27)18-11(5-7-26)8-13(22)31-18;1-10-12-4-6-25(19(12)24-9-23-10)20-17-15(28-21(2,3)29-17)14(27-20)16-18-11(5-7-26-16)8-13(22)30-18;1-8-10-2-4-22(17(10)21-7-20-8)18-13(24)12(23)14(26-18)15-16-9(3-5-25-15)6-11(19)27-16;;;;/h7-10,15-18,21,27H,5-6H2,1-4H3;4,6,8-9,14-17,20,26-27H,5,7H2,1-3H3;4,6,8-9,14-17,20H,5,7H2,1-3H3;2,4,6-7,12-15,18,23-24H,3,5H2,1H3;2*1H4;;1H/q;;;;;;+1;/p-1/t15-,16-,17-,18-,21-;14-,15-,16-,17-,20-;14-,15+,16-,17+,20+;12-,13+,14-,15-,18+;;;;/m1100..../s1. The average molecular weight is 1970 g/mol. The first-order valence-corrected chi connectivity index (χ1v) is 44.3. The molecule has 7 saturated heterocycles. The van der Waals surface area contributed by atoms with Gasteiger partial charge in [-0.1, -0.05) is 74.6 Å². The molecule has 0 amide bonds. The van der Waals surface area contributed by atoms with Gasteiger partial charge >= 0.3 is 68.9 Å². The average Bonchev–Trinajstić information content (AvgIpc) is 1.59. The number of hydrogen-bond donors (Lipinski definition) is 5. The fraction of sp³-hybridized carbons (Fsp3) is 0.524. The molecule has 12 aromatic rings. The Morgan fingerprint density at radius 1 is 0.439 bits per heavy atom. The molecule has 0 aromatic carbocycles. The molecular weight excluding hydrogens is 1870 g/mol. The SMILES string of the molecule is C.C.CCCc1cc(Cl)sc1[C@H](O)[C@H]1O[C@@H](n2ccc3c(C)ncnc32)[C@@H]2OC(C)(C)O[C@@H]21.Cc1ncnc2c1ccn2[C@@H]1O[C@H]([C@@H](O)c2sc(Cl)cc2CCO)[C@H]2OC(C)(C)O[C@H]21.Cc1ncnc2c1ccn2[C@@H]1O[C@H]([C@@H]2OCCc3cc(Cl)sc32)[C@@H](O)[C@H]1O.Cc1ncnc2c1ccn2[C@@H]1O[C@H]([C@@H]2OCCc3cc(Cl)sc32)[C@H]2OC(C)(C)O[C@H]21.[Cs+].[F-]. The number of nitrogens with zero attached hydrogens (tertiary/aromatic N) is 12. The van der Waals surface area contributed by atoms with Gasteiger partial charge in [0.25, 0.3) is 0 Å². The van der Waals surface area contributed by atoms with Crippen molar-refractivity contribution in [2.45, 2.75) is 263 Å². The molecule has 9 aliphatic rings. The van der Waals surface area contributed by atoms with Crippen molar-refractivity contribution in [1.82, 2.24) is 58.1 Å². The van der Waals surface area contributed by atoms with Crippen LogP contribution in [-0.4, -0.2) is 194 Å². The zero-order valence-corrected chi connectivity index (χ0v) is 80.5. The number of fused-ring (bicyclic) bond motifs is 9. The van der Waals surface area contributed by atoms with E-state index >= 15 is 0 Å². The van der Waals surface area contributed by atoms with Crippen LogP contribution in [0.1, 0.15) is 184 Å². The number of aliphatic hydroxyl groups excluding tert-OH is 5. The smallest absolute Gasteiger partial charge is 1.00 e. The number of rotatable bonds is 14. The fourth-order valence-corrected chi connectivity index (χ4v) is 23.4. The van der Waals surface area contributed by atoms with Crippen LogP contribution in [0.3, 0.4) is 0 Å². The van der Waals surface area contributed by atoms with E-state index in [9.17, 15) is 25.5 Å². The van der Waals surface area contributed by atoms with Gasteiger partial charge in [-0.25, -0.2) is 39.9 Å². The second-order valence-electron chi connectivity index (χ2n) is 32.3. The molecule has 0 spiro atoms. The van der Waals surface area contributed by atoms with Crippen molar-refractivity contribution in [3.63, 3.8) is 0 Å². The van der Waals surface area contributed by atoms with E-state index in [0.29, 0.717) is 43.2 Å². The molecular formula is C84H98Cl4CsFN12O17S4. The van der Waals surface area contributed by atoms with Gasteiger partial charge in [0.05, 0.1) is 53.3 Å². The fourth-order valence-electron chi connectivity index (χ4n) is 17.9. The Hall–Kier alpha value is -4.26. The first-order chi connectivity index (χ1) is 57.0. The van der Waals surface area contributed by atoms with Crippen LogP contribution in [0.5, 0.6) is 0 Å². The molecule has 656 valence electrons. The number of aromatic nitrogens is 12. The summed E-state index contributed by atoms with van der Waals surface area (Å²) in [5, 5.41) is 57.3. The van der Waals surface area contributed by atoms with E-state index < -0.39 is 103 Å². The van der Waals surface area contributed by atoms with Gasteiger partial charge in [0.2, 0.25) is 0 Å². The summed E-state index contributed by atoms with van der Waals surface area (Å²) in [6, 6.07) is 15.5. The van der Waals surface area contributed by atoms with Crippen LogP contribution in [0, 0.1) is 27.7 Å². The van der Waals surface area contributed by atoms with Crippen LogP contribution in [0.2, 0.25) is 17.3 Å². The Morgan fingerprint density at radius 2 is 0.772 bits per heavy atom. The van der Waals surface area contributed by atoms with Crippen molar-refractivity contribution in [2.24, 2.45) is 0 Å². The van der Waals surface area contributed by atoms with Gasteiger partial charge in [-0.3, -0.25) is 0 Å². The Kier molecular flexibility index (Phi) is 29.2. The van der Waals surface area contributed by atoms with Gasteiger partial charge in [-0.15, -0.1) is 45.3 Å². The molecule has 0 unspecified atom stereocenters. The van der Waals surface area contributed by atoms with E-state index in [1.165, 1.54) is 52.2 Å². The third-order valence-electron chi connectivity index (χ3n) is 23.2. The largest absolute Gasteiger partial charge is 1.00 e. The minimum atomic E-state index is -1.11. The molecule has 7 fully saturated rings. The summed E-state index contributed by atoms with van der Waals surface area (Å²) in [7, 11) is 0. The summed E-state index contributed by atoms with van der Waals surface area (Å²) in [6.07, 6.45) is 6.17. The molecule has 123 heavy (non-hydrogen) atoms. The number of thiophene rings is 4. The van der Waals surface area contributed by atoms with Gasteiger partial charge in [0, 0.05) is 72.4 Å². The molecule has 21 rings (SSSR count). The van der Waals surface area contributed by atoms with Gasteiger partial charge in [-0.2, -0.15) is 0 Å². The maximum absolute atomic E-state index is 11.4. The minimum Gasteiger partial charge on any atom is -1.00 e. The first kappa shape index (κ1) is 94.8. The molecule has 20 atom stereocenters. The molecule has 0 radical (unpaired) electrons. The molecule has 5 N–H and O–H groups in total.